The first-order chi connectivity index (χ1) is 20.1. The number of nitrogens with zero attached hydrogens (tertiary/aromatic N) is 3. The van der Waals surface area contributed by atoms with Crippen molar-refractivity contribution in [1.82, 2.24) is 15.0 Å². The van der Waals surface area contributed by atoms with Crippen LogP contribution in [0.25, 0.3) is 22.1 Å². The second-order valence-corrected chi connectivity index (χ2v) is 10.1. The Labute approximate surface area is 240 Å². The fourth-order valence-corrected chi connectivity index (χ4v) is 4.95. The van der Waals surface area contributed by atoms with Gasteiger partial charge in [0.05, 0.1) is 7.11 Å². The van der Waals surface area contributed by atoms with Gasteiger partial charge in [-0.3, -0.25) is 9.59 Å². The molecule has 0 spiro atoms. The summed E-state index contributed by atoms with van der Waals surface area (Å²) in [6.45, 7) is 5.24. The van der Waals surface area contributed by atoms with Crippen molar-refractivity contribution >= 4 is 34.4 Å². The van der Waals surface area contributed by atoms with Gasteiger partial charge < -0.3 is 23.8 Å². The maximum Gasteiger partial charge on any atom is 0.451 e. The Hall–Kier alpha value is -4.37. The number of rotatable bonds is 3. The minimum atomic E-state index is -4.58. The summed E-state index contributed by atoms with van der Waals surface area (Å²) in [5.74, 6) is 1.67. The molecule has 0 bridgehead atoms. The van der Waals surface area contributed by atoms with Crippen molar-refractivity contribution in [2.45, 2.75) is 44.2 Å². The second-order valence-electron chi connectivity index (χ2n) is 10.1. The van der Waals surface area contributed by atoms with Gasteiger partial charge in [-0.15, -0.1) is 6.42 Å². The molecule has 4 aromatic rings. The highest BCUT2D eigenvalue weighted by Crippen LogP contribution is 2.37. The third-order valence-corrected chi connectivity index (χ3v) is 7.27. The van der Waals surface area contributed by atoms with Gasteiger partial charge in [-0.25, -0.2) is 9.97 Å². The number of benzene rings is 1. The average molecular weight is 585 g/mol. The number of H-pyrrole nitrogens is 1. The highest BCUT2D eigenvalue weighted by molar-refractivity contribution is 6.05. The fraction of sp³-hybridized carbons (Fsp3) is 0.400. The zero-order chi connectivity index (χ0) is 30.3. The van der Waals surface area contributed by atoms with E-state index in [2.05, 4.69) is 32.5 Å². The zero-order valence-electron chi connectivity index (χ0n) is 23.3. The lowest BCUT2D eigenvalue weighted by Gasteiger charge is -2.33. The molecule has 3 aromatic heterocycles. The third-order valence-electron chi connectivity index (χ3n) is 7.27. The van der Waals surface area contributed by atoms with Crippen molar-refractivity contribution in [3.8, 4) is 12.3 Å². The molecule has 1 aromatic carbocycles. The van der Waals surface area contributed by atoms with Crippen LogP contribution in [0.4, 0.5) is 19.0 Å². The van der Waals surface area contributed by atoms with Crippen LogP contribution in [0, 0.1) is 12.3 Å². The standard InChI is InChI=1S/C15H12F3N3O.C13H15NO2.C2H4O2/c16-15(17,18)14-19-11-9-5-1-2-6-10(9)22-12(11)13(20-14)21-7-3-4-8-21;1-3-10-8-11(12(15)14-9-10)13(2)4-6-16-7-5-13;1-4-2-3/h1-2,5-6H,3-4,7-8H2;1,8-9H,4-7H2,2H3,(H,14,15);2H,1H3. The molecule has 0 amide bonds. The van der Waals surface area contributed by atoms with Crippen LogP contribution in [0.2, 0.25) is 0 Å². The van der Waals surface area contributed by atoms with E-state index in [0.717, 1.165) is 36.8 Å². The number of alkyl halides is 3. The number of methoxy groups -OCH3 is 1. The van der Waals surface area contributed by atoms with E-state index in [0.29, 0.717) is 49.3 Å². The van der Waals surface area contributed by atoms with E-state index in [9.17, 15) is 18.0 Å². The lowest BCUT2D eigenvalue weighted by atomic mass is 9.76. The molecule has 6 rings (SSSR count). The Balaban J connectivity index is 0.000000178. The van der Waals surface area contributed by atoms with Gasteiger partial charge >= 0.3 is 6.18 Å². The number of anilines is 1. The number of carbonyl (C=O) groups is 1. The van der Waals surface area contributed by atoms with Crippen LogP contribution in [-0.2, 0) is 25.9 Å². The maximum atomic E-state index is 13.1. The first kappa shape index (κ1) is 30.6. The number of pyridine rings is 1. The van der Waals surface area contributed by atoms with Crippen molar-refractivity contribution in [2.75, 3.05) is 38.3 Å². The van der Waals surface area contributed by atoms with Gasteiger partial charge in [0.1, 0.15) is 11.1 Å². The highest BCUT2D eigenvalue weighted by Gasteiger charge is 2.37. The number of para-hydroxylation sites is 1. The summed E-state index contributed by atoms with van der Waals surface area (Å²) >= 11 is 0. The number of ether oxygens (including phenoxy) is 2. The van der Waals surface area contributed by atoms with Gasteiger partial charge in [0, 0.05) is 54.4 Å². The molecule has 2 fully saturated rings. The molecule has 2 saturated heterocycles. The number of terminal acetylenes is 1. The lowest BCUT2D eigenvalue weighted by molar-refractivity contribution is -0.144. The molecule has 2 aliphatic heterocycles. The van der Waals surface area contributed by atoms with Crippen LogP contribution in [0.3, 0.4) is 0 Å². The third kappa shape index (κ3) is 6.74. The van der Waals surface area contributed by atoms with E-state index >= 15 is 0 Å². The molecule has 2 aliphatic rings. The summed E-state index contributed by atoms with van der Waals surface area (Å²) in [6.07, 6.45) is 5.95. The van der Waals surface area contributed by atoms with Gasteiger partial charge in [0.25, 0.3) is 12.0 Å². The first-order valence-corrected chi connectivity index (χ1v) is 13.4. The Morgan fingerprint density at radius 3 is 2.45 bits per heavy atom. The van der Waals surface area contributed by atoms with Gasteiger partial charge in [-0.05, 0) is 43.9 Å². The summed E-state index contributed by atoms with van der Waals surface area (Å²) in [5.41, 5.74) is 2.43. The molecular formula is C30H31F3N4O5. The summed E-state index contributed by atoms with van der Waals surface area (Å²) in [5, 5.41) is 0.575. The smallest absolute Gasteiger partial charge is 0.451 e. The Kier molecular flexibility index (Phi) is 9.52. The van der Waals surface area contributed by atoms with Gasteiger partial charge in [-0.2, -0.15) is 13.2 Å². The van der Waals surface area contributed by atoms with Crippen LogP contribution in [-0.4, -0.2) is 54.8 Å². The van der Waals surface area contributed by atoms with E-state index < -0.39 is 12.0 Å². The number of aromatic nitrogens is 3. The van der Waals surface area contributed by atoms with Crippen LogP contribution >= 0.6 is 0 Å². The summed E-state index contributed by atoms with van der Waals surface area (Å²) < 4.78 is 54.3. The Morgan fingerprint density at radius 2 is 1.83 bits per heavy atom. The van der Waals surface area contributed by atoms with Crippen molar-refractivity contribution in [1.29, 1.82) is 0 Å². The Bertz CT molecular complexity index is 1630. The molecular weight excluding hydrogens is 553 g/mol. The Morgan fingerprint density at radius 1 is 1.17 bits per heavy atom. The predicted octanol–water partition coefficient (Wildman–Crippen LogP) is 5.21. The quantitative estimate of drug-likeness (QED) is 0.258. The van der Waals surface area contributed by atoms with Crippen molar-refractivity contribution in [3.05, 3.63) is 63.8 Å². The molecule has 0 radical (unpaired) electrons. The summed E-state index contributed by atoms with van der Waals surface area (Å²) in [4.78, 5) is 32.8. The minimum Gasteiger partial charge on any atom is -0.471 e. The summed E-state index contributed by atoms with van der Waals surface area (Å²) in [7, 11) is 1.31. The maximum absolute atomic E-state index is 13.1. The van der Waals surface area contributed by atoms with E-state index in [4.69, 9.17) is 20.4 Å². The van der Waals surface area contributed by atoms with Crippen LogP contribution in [0.1, 0.15) is 49.6 Å². The van der Waals surface area contributed by atoms with E-state index in [1.165, 1.54) is 7.11 Å². The van der Waals surface area contributed by atoms with E-state index in [1.807, 2.05) is 11.0 Å². The van der Waals surface area contributed by atoms with Gasteiger partial charge in [-0.1, -0.05) is 25.0 Å². The number of halogens is 3. The lowest BCUT2D eigenvalue weighted by Crippen LogP contribution is -2.35. The van der Waals surface area contributed by atoms with Gasteiger partial charge in [0.15, 0.2) is 11.4 Å². The number of nitrogens with one attached hydrogen (secondary N) is 1. The molecule has 0 unspecified atom stereocenters. The number of aromatic amines is 1. The van der Waals surface area contributed by atoms with Crippen LogP contribution in [0.5, 0.6) is 0 Å². The molecule has 5 heterocycles. The second kappa shape index (κ2) is 13.1. The summed E-state index contributed by atoms with van der Waals surface area (Å²) in [6, 6.07) is 8.78. The van der Waals surface area contributed by atoms with Crippen LogP contribution in [0.15, 0.2) is 45.7 Å². The van der Waals surface area contributed by atoms with Crippen LogP contribution < -0.4 is 10.5 Å². The molecule has 42 heavy (non-hydrogen) atoms. The topological polar surface area (TPSA) is 111 Å². The zero-order valence-corrected chi connectivity index (χ0v) is 23.3. The molecule has 12 heteroatoms. The fourth-order valence-electron chi connectivity index (χ4n) is 4.95. The highest BCUT2D eigenvalue weighted by atomic mass is 19.4. The van der Waals surface area contributed by atoms with Crippen molar-refractivity contribution < 1.29 is 31.9 Å². The SMILES string of the molecule is C#Cc1c[nH]c(=O)c(C2(C)CCOCC2)c1.COC=O.FC(F)(F)c1nc(N2CCCC2)c2oc3ccccc3c2n1. The number of furan rings is 1. The monoisotopic (exact) mass is 584 g/mol. The molecule has 222 valence electrons. The van der Waals surface area contributed by atoms with Crippen molar-refractivity contribution in [3.63, 3.8) is 0 Å². The van der Waals surface area contributed by atoms with E-state index in [-0.39, 0.29) is 22.3 Å². The predicted molar refractivity (Wildman–Crippen MR) is 151 cm³/mol. The molecule has 0 saturated carbocycles. The molecule has 9 nitrogen and oxygen atoms in total. The van der Waals surface area contributed by atoms with Crippen molar-refractivity contribution in [2.24, 2.45) is 0 Å². The largest absolute Gasteiger partial charge is 0.471 e. The van der Waals surface area contributed by atoms with Gasteiger partial charge in [0.2, 0.25) is 5.82 Å². The number of fused-ring (bicyclic) bond motifs is 3. The molecule has 1 N–H and O–H groups in total. The number of hydrogen-bond donors (Lipinski definition) is 1. The molecule has 0 aliphatic carbocycles. The first-order valence-electron chi connectivity index (χ1n) is 13.4. The number of carbonyl (C=O) groups excluding carboxylic acids is 1. The minimum absolute atomic E-state index is 0.0385. The average Bonchev–Trinajstić information content (AvgIpc) is 3.66. The van der Waals surface area contributed by atoms with E-state index in [1.54, 1.807) is 30.5 Å². The molecule has 0 atom stereocenters. The normalized spacial score (nSPS) is 16.1. The number of hydrogen-bond acceptors (Lipinski definition) is 8.